The van der Waals surface area contributed by atoms with Crippen LogP contribution in [0.4, 0.5) is 0 Å². The molecule has 0 amide bonds. The van der Waals surface area contributed by atoms with Gasteiger partial charge in [0.2, 0.25) is 0 Å². The molecular formula is C16H25NO2. The zero-order chi connectivity index (χ0) is 13.9. The summed E-state index contributed by atoms with van der Waals surface area (Å²) in [5, 5.41) is 9.82. The Bertz CT molecular complexity index is 433. The first-order chi connectivity index (χ1) is 9.12. The number of likely N-dealkylation sites (tertiary alicyclic amines) is 1. The average Bonchev–Trinajstić information content (AvgIpc) is 2.80. The summed E-state index contributed by atoms with van der Waals surface area (Å²) in [4.78, 5) is 2.30. The van der Waals surface area contributed by atoms with Crippen molar-refractivity contribution in [2.45, 2.75) is 26.2 Å². The van der Waals surface area contributed by atoms with Gasteiger partial charge in [-0.3, -0.25) is 0 Å². The molecule has 1 aliphatic rings. The van der Waals surface area contributed by atoms with E-state index in [0.29, 0.717) is 0 Å². The van der Waals surface area contributed by atoms with E-state index in [9.17, 15) is 5.11 Å². The second-order valence-electron chi connectivity index (χ2n) is 5.82. The van der Waals surface area contributed by atoms with Crippen LogP contribution in [0.5, 0.6) is 5.75 Å². The third kappa shape index (κ3) is 3.10. The molecule has 1 fully saturated rings. The van der Waals surface area contributed by atoms with Crippen LogP contribution in [-0.2, 0) is 12.8 Å². The molecule has 0 spiro atoms. The molecule has 3 heteroatoms. The summed E-state index contributed by atoms with van der Waals surface area (Å²) < 4.78 is 5.48. The fraction of sp³-hybridized carbons (Fsp3) is 0.625. The second kappa shape index (κ2) is 5.93. The van der Waals surface area contributed by atoms with E-state index in [2.05, 4.69) is 37.1 Å². The Morgan fingerprint density at radius 3 is 2.74 bits per heavy atom. The van der Waals surface area contributed by atoms with Gasteiger partial charge in [0, 0.05) is 12.0 Å². The Morgan fingerprint density at radius 1 is 1.42 bits per heavy atom. The van der Waals surface area contributed by atoms with Crippen LogP contribution in [-0.4, -0.2) is 43.9 Å². The molecule has 1 N–H and O–H groups in total. The highest BCUT2D eigenvalue weighted by atomic mass is 16.5. The molecule has 1 atom stereocenters. The maximum Gasteiger partial charge on any atom is 0.122 e. The van der Waals surface area contributed by atoms with Crippen LogP contribution in [0, 0.1) is 5.41 Å². The molecule has 1 heterocycles. The Kier molecular flexibility index (Phi) is 4.48. The largest absolute Gasteiger partial charge is 0.496 e. The quantitative estimate of drug-likeness (QED) is 0.883. The van der Waals surface area contributed by atoms with Gasteiger partial charge in [-0.05, 0) is 50.0 Å². The van der Waals surface area contributed by atoms with Gasteiger partial charge < -0.3 is 14.7 Å². The van der Waals surface area contributed by atoms with Gasteiger partial charge >= 0.3 is 0 Å². The van der Waals surface area contributed by atoms with Crippen LogP contribution in [0.3, 0.4) is 0 Å². The zero-order valence-corrected chi connectivity index (χ0v) is 12.3. The van der Waals surface area contributed by atoms with E-state index in [0.717, 1.165) is 38.1 Å². The van der Waals surface area contributed by atoms with Crippen LogP contribution < -0.4 is 4.74 Å². The molecule has 0 saturated carbocycles. The Balaban J connectivity index is 2.25. The molecule has 1 aliphatic heterocycles. The highest BCUT2D eigenvalue weighted by Gasteiger charge is 2.36. The Morgan fingerprint density at radius 2 is 2.21 bits per heavy atom. The van der Waals surface area contributed by atoms with Crippen molar-refractivity contribution >= 4 is 0 Å². The topological polar surface area (TPSA) is 32.7 Å². The van der Waals surface area contributed by atoms with E-state index in [-0.39, 0.29) is 12.0 Å². The van der Waals surface area contributed by atoms with E-state index in [1.807, 2.05) is 0 Å². The minimum Gasteiger partial charge on any atom is -0.496 e. The van der Waals surface area contributed by atoms with Crippen molar-refractivity contribution in [2.75, 3.05) is 33.9 Å². The third-order valence-corrected chi connectivity index (χ3v) is 4.28. The lowest BCUT2D eigenvalue weighted by Crippen LogP contribution is -2.31. The van der Waals surface area contributed by atoms with Crippen LogP contribution in [0.2, 0.25) is 0 Å². The van der Waals surface area contributed by atoms with Crippen LogP contribution >= 0.6 is 0 Å². The van der Waals surface area contributed by atoms with Crippen molar-refractivity contribution in [1.82, 2.24) is 4.90 Å². The Labute approximate surface area is 116 Å². The van der Waals surface area contributed by atoms with Crippen LogP contribution in [0.1, 0.15) is 24.5 Å². The summed E-state index contributed by atoms with van der Waals surface area (Å²) in [5.41, 5.74) is 2.55. The van der Waals surface area contributed by atoms with Crippen LogP contribution in [0.25, 0.3) is 0 Å². The normalized spacial score (nSPS) is 23.8. The molecule has 2 rings (SSSR count). The first-order valence-electron chi connectivity index (χ1n) is 7.07. The number of nitrogens with zero attached hydrogens (tertiary/aromatic N) is 1. The summed E-state index contributed by atoms with van der Waals surface area (Å²) >= 11 is 0. The number of methoxy groups -OCH3 is 1. The van der Waals surface area contributed by atoms with E-state index in [4.69, 9.17) is 4.74 Å². The first-order valence-corrected chi connectivity index (χ1v) is 7.07. The summed E-state index contributed by atoms with van der Waals surface area (Å²) in [6.45, 7) is 4.44. The summed E-state index contributed by atoms with van der Waals surface area (Å²) in [6.07, 6.45) is 2.98. The van der Waals surface area contributed by atoms with Gasteiger partial charge in [-0.25, -0.2) is 0 Å². The number of aliphatic hydroxyl groups excluding tert-OH is 1. The van der Waals surface area contributed by atoms with Gasteiger partial charge in [0.15, 0.2) is 0 Å². The number of benzene rings is 1. The highest BCUT2D eigenvalue weighted by molar-refractivity contribution is 5.38. The summed E-state index contributed by atoms with van der Waals surface area (Å²) in [5.74, 6) is 0.944. The molecule has 1 aromatic carbocycles. The molecule has 1 unspecified atom stereocenters. The van der Waals surface area contributed by atoms with E-state index in [1.54, 1.807) is 7.11 Å². The molecule has 106 valence electrons. The van der Waals surface area contributed by atoms with Gasteiger partial charge in [-0.1, -0.05) is 19.1 Å². The molecule has 0 aromatic heterocycles. The van der Waals surface area contributed by atoms with Gasteiger partial charge in [-0.2, -0.15) is 0 Å². The standard InChI is InChI=1S/C16H25NO2/c1-4-13-5-6-15(19-3)14(9-13)10-16(12-18)7-8-17(2)11-16/h5-6,9,18H,4,7-8,10-12H2,1-3H3. The number of aliphatic hydroxyl groups is 1. The maximum absolute atomic E-state index is 9.82. The predicted octanol–water partition coefficient (Wildman–Crippen LogP) is 2.11. The average molecular weight is 263 g/mol. The van der Waals surface area contributed by atoms with Crippen molar-refractivity contribution in [3.8, 4) is 5.75 Å². The zero-order valence-electron chi connectivity index (χ0n) is 12.3. The number of aryl methyl sites for hydroxylation is 1. The first kappa shape index (κ1) is 14.4. The molecular weight excluding hydrogens is 238 g/mol. The van der Waals surface area contributed by atoms with Gasteiger partial charge in [0.05, 0.1) is 13.7 Å². The lowest BCUT2D eigenvalue weighted by Gasteiger charge is -2.27. The SMILES string of the molecule is CCc1ccc(OC)c(CC2(CO)CCN(C)C2)c1. The third-order valence-electron chi connectivity index (χ3n) is 4.28. The van der Waals surface area contributed by atoms with Crippen LogP contribution in [0.15, 0.2) is 18.2 Å². The monoisotopic (exact) mass is 263 g/mol. The van der Waals surface area contributed by atoms with Gasteiger partial charge in [-0.15, -0.1) is 0 Å². The number of hydrogen-bond donors (Lipinski definition) is 1. The second-order valence-corrected chi connectivity index (χ2v) is 5.82. The lowest BCUT2D eigenvalue weighted by molar-refractivity contribution is 0.131. The molecule has 1 aromatic rings. The summed E-state index contributed by atoms with van der Waals surface area (Å²) in [7, 11) is 3.84. The van der Waals surface area contributed by atoms with Crippen molar-refractivity contribution < 1.29 is 9.84 Å². The fourth-order valence-corrected chi connectivity index (χ4v) is 3.08. The minimum atomic E-state index is -0.00556. The highest BCUT2D eigenvalue weighted by Crippen LogP contribution is 2.36. The summed E-state index contributed by atoms with van der Waals surface area (Å²) in [6, 6.07) is 6.40. The minimum absolute atomic E-state index is 0.00556. The smallest absolute Gasteiger partial charge is 0.122 e. The maximum atomic E-state index is 9.82. The van der Waals surface area contributed by atoms with E-state index < -0.39 is 0 Å². The number of ether oxygens (including phenoxy) is 1. The predicted molar refractivity (Wildman–Crippen MR) is 77.7 cm³/mol. The van der Waals surface area contributed by atoms with E-state index in [1.165, 1.54) is 11.1 Å². The Hall–Kier alpha value is -1.06. The molecule has 0 radical (unpaired) electrons. The van der Waals surface area contributed by atoms with Crippen molar-refractivity contribution in [1.29, 1.82) is 0 Å². The van der Waals surface area contributed by atoms with Gasteiger partial charge in [0.1, 0.15) is 5.75 Å². The van der Waals surface area contributed by atoms with Crippen molar-refractivity contribution in [2.24, 2.45) is 5.41 Å². The molecule has 3 nitrogen and oxygen atoms in total. The lowest BCUT2D eigenvalue weighted by atomic mass is 9.81. The number of hydrogen-bond acceptors (Lipinski definition) is 3. The van der Waals surface area contributed by atoms with Crippen molar-refractivity contribution in [3.05, 3.63) is 29.3 Å². The molecule has 19 heavy (non-hydrogen) atoms. The van der Waals surface area contributed by atoms with Gasteiger partial charge in [0.25, 0.3) is 0 Å². The molecule has 0 bridgehead atoms. The fourth-order valence-electron chi connectivity index (χ4n) is 3.08. The molecule has 0 aliphatic carbocycles. The number of rotatable bonds is 5. The van der Waals surface area contributed by atoms with Crippen molar-refractivity contribution in [3.63, 3.8) is 0 Å². The molecule has 1 saturated heterocycles. The van der Waals surface area contributed by atoms with E-state index >= 15 is 0 Å².